The second kappa shape index (κ2) is 18.0. The van der Waals surface area contributed by atoms with Crippen LogP contribution in [0.25, 0.3) is 94.6 Å². The Kier molecular flexibility index (Phi) is 12.2. The number of phenolic OH excluding ortho intramolecular Hbond substituents is 1. The van der Waals surface area contributed by atoms with E-state index in [4.69, 9.17) is 9.97 Å². The summed E-state index contributed by atoms with van der Waals surface area (Å²) in [4.78, 5) is 10.8. The Bertz CT molecular complexity index is 3770. The third-order valence-electron chi connectivity index (χ3n) is 14.8. The average Bonchev–Trinajstić information content (AvgIpc) is 3.87. The van der Waals surface area contributed by atoms with E-state index in [2.05, 4.69) is 265 Å². The first-order valence-corrected chi connectivity index (χ1v) is 26.5. The monoisotopic (exact) mass is 975 g/mol. The number of aromatic nitrogens is 4. The number of pyridine rings is 1. The molecule has 0 spiro atoms. The predicted octanol–water partition coefficient (Wildman–Crippen LogP) is 18.8. The van der Waals surface area contributed by atoms with Crippen LogP contribution < -0.4 is 0 Å². The SMILES string of the molecule is CC(C)(C)Cn1c2ccccc2c2ccc(-c3ccnc(-c4cc(-c5cccc6c5nc(-c5cc(C(C)(C)C)cc(C(C)(C)C)c5O)n6-c5ccc(C(C)(C)C)cc5-c5ccccc5)cc(C(C)(C)C)c4)c3)cc21. The third-order valence-corrected chi connectivity index (χ3v) is 14.8. The van der Waals surface area contributed by atoms with E-state index < -0.39 is 0 Å². The van der Waals surface area contributed by atoms with Crippen LogP contribution >= 0.6 is 0 Å². The van der Waals surface area contributed by atoms with E-state index in [0.29, 0.717) is 11.4 Å². The van der Waals surface area contributed by atoms with E-state index >= 15 is 0 Å². The zero-order valence-corrected chi connectivity index (χ0v) is 46.5. The predicted molar refractivity (Wildman–Crippen MR) is 315 cm³/mol. The van der Waals surface area contributed by atoms with Crippen molar-refractivity contribution in [3.8, 4) is 67.5 Å². The van der Waals surface area contributed by atoms with Gasteiger partial charge in [-0.2, -0.15) is 0 Å². The maximum Gasteiger partial charge on any atom is 0.149 e. The summed E-state index contributed by atoms with van der Waals surface area (Å²) in [6.07, 6.45) is 1.96. The first-order valence-electron chi connectivity index (χ1n) is 26.5. The molecule has 3 aromatic heterocycles. The number of fused-ring (bicyclic) bond motifs is 4. The number of aromatic hydroxyl groups is 1. The highest BCUT2D eigenvalue weighted by molar-refractivity contribution is 6.09. The number of hydrogen-bond donors (Lipinski definition) is 1. The number of nitrogens with zero attached hydrogens (tertiary/aromatic N) is 4. The minimum absolute atomic E-state index is 0.0822. The van der Waals surface area contributed by atoms with E-state index in [1.807, 2.05) is 6.20 Å². The van der Waals surface area contributed by atoms with Gasteiger partial charge in [-0.15, -0.1) is 0 Å². The molecule has 0 aliphatic rings. The lowest BCUT2D eigenvalue weighted by Crippen LogP contribution is -2.17. The van der Waals surface area contributed by atoms with Crippen LogP contribution in [-0.4, -0.2) is 24.2 Å². The van der Waals surface area contributed by atoms with Crippen molar-refractivity contribution < 1.29 is 5.11 Å². The average molecular weight is 975 g/mol. The number of imidazole rings is 1. The molecule has 3 heterocycles. The Morgan fingerprint density at radius 1 is 0.432 bits per heavy atom. The summed E-state index contributed by atoms with van der Waals surface area (Å²) < 4.78 is 4.80. The molecule has 0 atom stereocenters. The molecule has 5 heteroatoms. The van der Waals surface area contributed by atoms with Gasteiger partial charge in [0.15, 0.2) is 0 Å². The second-order valence-electron chi connectivity index (χ2n) is 26.1. The summed E-state index contributed by atoms with van der Waals surface area (Å²) in [6, 6.07) is 55.5. The third kappa shape index (κ3) is 9.47. The molecule has 0 radical (unpaired) electrons. The van der Waals surface area contributed by atoms with E-state index in [0.717, 1.165) is 79.0 Å². The number of para-hydroxylation sites is 2. The van der Waals surface area contributed by atoms with Gasteiger partial charge in [0.05, 0.1) is 28.0 Å². The van der Waals surface area contributed by atoms with Crippen molar-refractivity contribution in [2.75, 3.05) is 0 Å². The summed E-state index contributed by atoms with van der Waals surface area (Å²) in [6.45, 7) is 34.7. The summed E-state index contributed by atoms with van der Waals surface area (Å²) in [7, 11) is 0. The van der Waals surface area contributed by atoms with Crippen LogP contribution in [0.1, 0.15) is 126 Å². The Hall–Kier alpha value is -7.24. The molecule has 0 aliphatic heterocycles. The molecule has 376 valence electrons. The van der Waals surface area contributed by atoms with Crippen molar-refractivity contribution in [2.45, 2.75) is 132 Å². The largest absolute Gasteiger partial charge is 0.507 e. The fourth-order valence-corrected chi connectivity index (χ4v) is 10.6. The van der Waals surface area contributed by atoms with E-state index in [-0.39, 0.29) is 32.8 Å². The van der Waals surface area contributed by atoms with Crippen molar-refractivity contribution in [3.05, 3.63) is 180 Å². The summed E-state index contributed by atoms with van der Waals surface area (Å²) >= 11 is 0. The molecule has 10 rings (SSSR count). The van der Waals surface area contributed by atoms with Gasteiger partial charge in [-0.05, 0) is 127 Å². The quantitative estimate of drug-likeness (QED) is 0.173. The first kappa shape index (κ1) is 50.3. The molecule has 0 fully saturated rings. The number of hydrogen-bond acceptors (Lipinski definition) is 3. The zero-order chi connectivity index (χ0) is 52.9. The molecule has 1 N–H and O–H groups in total. The highest BCUT2D eigenvalue weighted by atomic mass is 16.3. The van der Waals surface area contributed by atoms with Gasteiger partial charge >= 0.3 is 0 Å². The summed E-state index contributed by atoms with van der Waals surface area (Å²) in [5.74, 6) is 0.955. The fourth-order valence-electron chi connectivity index (χ4n) is 10.6. The van der Waals surface area contributed by atoms with Crippen LogP contribution in [0.2, 0.25) is 0 Å². The molecule has 0 amide bonds. The van der Waals surface area contributed by atoms with E-state index in [9.17, 15) is 5.11 Å². The molecular weight excluding hydrogens is 901 g/mol. The van der Waals surface area contributed by atoms with Crippen molar-refractivity contribution in [1.82, 2.24) is 19.1 Å². The maximum atomic E-state index is 12.7. The van der Waals surface area contributed by atoms with Gasteiger partial charge < -0.3 is 9.67 Å². The first-order chi connectivity index (χ1) is 34.7. The van der Waals surface area contributed by atoms with Crippen molar-refractivity contribution >= 4 is 32.8 Å². The van der Waals surface area contributed by atoms with Crippen LogP contribution in [0.3, 0.4) is 0 Å². The van der Waals surface area contributed by atoms with Gasteiger partial charge in [0.2, 0.25) is 0 Å². The van der Waals surface area contributed by atoms with Crippen LogP contribution in [0.15, 0.2) is 158 Å². The zero-order valence-electron chi connectivity index (χ0n) is 46.5. The van der Waals surface area contributed by atoms with E-state index in [1.54, 1.807) is 0 Å². The van der Waals surface area contributed by atoms with Gasteiger partial charge in [0.25, 0.3) is 0 Å². The lowest BCUT2D eigenvalue weighted by molar-refractivity contribution is 0.354. The van der Waals surface area contributed by atoms with Gasteiger partial charge in [0.1, 0.15) is 11.6 Å². The van der Waals surface area contributed by atoms with Crippen LogP contribution in [0.5, 0.6) is 5.75 Å². The minimum atomic E-state index is -0.334. The molecule has 0 saturated heterocycles. The Morgan fingerprint density at radius 2 is 1.05 bits per heavy atom. The van der Waals surface area contributed by atoms with Crippen LogP contribution in [-0.2, 0) is 28.2 Å². The van der Waals surface area contributed by atoms with Crippen LogP contribution in [0, 0.1) is 5.41 Å². The highest BCUT2D eigenvalue weighted by Crippen LogP contribution is 2.47. The van der Waals surface area contributed by atoms with Gasteiger partial charge in [0, 0.05) is 56.8 Å². The fraction of sp³-hybridized carbons (Fsp3) is 0.304. The topological polar surface area (TPSA) is 55.9 Å². The molecule has 7 aromatic carbocycles. The Morgan fingerprint density at radius 3 is 1.74 bits per heavy atom. The number of phenols is 1. The smallest absolute Gasteiger partial charge is 0.149 e. The summed E-state index contributed by atoms with van der Waals surface area (Å²) in [5, 5.41) is 15.2. The molecule has 0 bridgehead atoms. The Labute approximate surface area is 440 Å². The van der Waals surface area contributed by atoms with Gasteiger partial charge in [-0.3, -0.25) is 9.55 Å². The molecule has 0 aliphatic carbocycles. The molecule has 0 saturated carbocycles. The molecule has 5 nitrogen and oxygen atoms in total. The molecule has 74 heavy (non-hydrogen) atoms. The molecule has 10 aromatic rings. The number of benzene rings is 7. The number of rotatable bonds is 7. The van der Waals surface area contributed by atoms with Crippen molar-refractivity contribution in [1.29, 1.82) is 0 Å². The highest BCUT2D eigenvalue weighted by Gasteiger charge is 2.30. The lowest BCUT2D eigenvalue weighted by Gasteiger charge is -2.28. The molecular formula is C69H74N4O. The summed E-state index contributed by atoms with van der Waals surface area (Å²) in [5.41, 5.74) is 18.4. The van der Waals surface area contributed by atoms with Crippen molar-refractivity contribution in [2.24, 2.45) is 5.41 Å². The van der Waals surface area contributed by atoms with Crippen LogP contribution in [0.4, 0.5) is 0 Å². The second-order valence-corrected chi connectivity index (χ2v) is 26.1. The maximum absolute atomic E-state index is 12.7. The molecule has 0 unspecified atom stereocenters. The van der Waals surface area contributed by atoms with Gasteiger partial charge in [-0.25, -0.2) is 4.98 Å². The lowest BCUT2D eigenvalue weighted by atomic mass is 9.79. The Balaban J connectivity index is 1.21. The minimum Gasteiger partial charge on any atom is -0.507 e. The van der Waals surface area contributed by atoms with E-state index in [1.165, 1.54) is 32.9 Å². The van der Waals surface area contributed by atoms with Gasteiger partial charge in [-0.1, -0.05) is 195 Å². The van der Waals surface area contributed by atoms with Crippen molar-refractivity contribution in [3.63, 3.8) is 0 Å². The standard InChI is InChI=1S/C69H74N4O/c1-65(2,3)42-72-58-26-20-19-24-52(58)53-30-28-44(38-61(53)72)45-32-33-70-57(37-45)47-34-46(35-49(36-47)67(7,8)9)51-25-21-27-60-62(51)71-64(55-40-50(68(10,11)12)41-56(63(55)74)69(13,14)15)73(60)59-31-29-48(66(4,5)6)39-54(59)43-22-17-16-18-23-43/h16-41,74H,42H2,1-15H3. The normalized spacial score (nSPS) is 12.9.